The van der Waals surface area contributed by atoms with E-state index in [4.69, 9.17) is 15.0 Å². The number of esters is 1. The summed E-state index contributed by atoms with van der Waals surface area (Å²) in [5.74, 6) is -0.683. The van der Waals surface area contributed by atoms with Gasteiger partial charge in [-0.3, -0.25) is 0 Å². The monoisotopic (exact) mass is 466 g/mol. The summed E-state index contributed by atoms with van der Waals surface area (Å²) in [5, 5.41) is 24.8. The van der Waals surface area contributed by atoms with Crippen molar-refractivity contribution in [2.75, 3.05) is 19.8 Å². The first kappa shape index (κ1) is 23.8. The van der Waals surface area contributed by atoms with Crippen LogP contribution in [0.3, 0.4) is 0 Å². The number of nitrogens with zero attached hydrogens (tertiary/aromatic N) is 4. The summed E-state index contributed by atoms with van der Waals surface area (Å²) in [6.45, 7) is 2.44. The maximum Gasteiger partial charge on any atom is 0.344 e. The topological polar surface area (TPSA) is 137 Å². The number of hydrogen-bond donors (Lipinski definition) is 2. The number of aliphatic hydroxyl groups is 1. The number of carbonyl (C=O) groups is 1. The minimum atomic E-state index is -0.659. The molecule has 2 aromatic rings. The summed E-state index contributed by atoms with van der Waals surface area (Å²) in [6, 6.07) is 13.9. The number of hydrogen-bond acceptors (Lipinski definition) is 8. The Bertz CT molecular complexity index is 1150. The van der Waals surface area contributed by atoms with E-state index in [-0.39, 0.29) is 36.0 Å². The number of phenols is 1. The molecular formula is C23H22N4O5S. The summed E-state index contributed by atoms with van der Waals surface area (Å²) in [6.07, 6.45) is 2.16. The van der Waals surface area contributed by atoms with Crippen molar-refractivity contribution in [2.24, 2.45) is 10.1 Å². The predicted octanol–water partition coefficient (Wildman–Crippen LogP) is 5.66. The Morgan fingerprint density at radius 1 is 1.21 bits per heavy atom. The van der Waals surface area contributed by atoms with Crippen molar-refractivity contribution in [3.63, 3.8) is 0 Å². The molecule has 10 heteroatoms. The second kappa shape index (κ2) is 11.7. The number of aliphatic hydroxyl groups excluding tert-OH is 1. The predicted molar refractivity (Wildman–Crippen MR) is 128 cm³/mol. The number of aliphatic imine (C=N–C) groups is 1. The number of phenolic OH excluding ortho intramolecular Hbond substituents is 1. The molecule has 0 spiro atoms. The molecule has 170 valence electrons. The van der Waals surface area contributed by atoms with E-state index in [1.165, 1.54) is 6.07 Å². The summed E-state index contributed by atoms with van der Waals surface area (Å²) in [7, 11) is 0. The smallest absolute Gasteiger partial charge is 0.344 e. The quantitative estimate of drug-likeness (QED) is 0.161. The molecule has 0 radical (unpaired) electrons. The molecule has 0 aromatic heterocycles. The van der Waals surface area contributed by atoms with E-state index < -0.39 is 5.97 Å². The number of thioether (sulfide) groups is 1. The lowest BCUT2D eigenvalue weighted by Crippen LogP contribution is -2.12. The highest BCUT2D eigenvalue weighted by molar-refractivity contribution is 8.18. The molecule has 1 aliphatic heterocycles. The Balaban J connectivity index is 1.85. The van der Waals surface area contributed by atoms with Crippen molar-refractivity contribution >= 4 is 34.5 Å². The number of para-hydroxylation sites is 1. The van der Waals surface area contributed by atoms with Crippen molar-refractivity contribution in [3.05, 3.63) is 80.8 Å². The number of azide groups is 1. The molecule has 0 fully saturated rings. The lowest BCUT2D eigenvalue weighted by molar-refractivity contribution is -0.138. The Morgan fingerprint density at radius 2 is 2.00 bits per heavy atom. The van der Waals surface area contributed by atoms with Crippen LogP contribution in [0.1, 0.15) is 18.9 Å². The lowest BCUT2D eigenvalue weighted by Gasteiger charge is -2.08. The van der Waals surface area contributed by atoms with Crippen LogP contribution in [0.15, 0.2) is 74.9 Å². The third kappa shape index (κ3) is 6.31. The zero-order valence-electron chi connectivity index (χ0n) is 17.8. The van der Waals surface area contributed by atoms with Crippen LogP contribution in [0.25, 0.3) is 16.5 Å². The molecule has 1 aliphatic rings. The molecule has 0 aliphatic carbocycles. The fourth-order valence-electron chi connectivity index (χ4n) is 2.87. The minimum Gasteiger partial charge on any atom is -0.506 e. The minimum absolute atomic E-state index is 0.00107. The maximum atomic E-state index is 12.5. The van der Waals surface area contributed by atoms with E-state index >= 15 is 0 Å². The second-order valence-electron chi connectivity index (χ2n) is 6.69. The molecule has 2 N–H and O–H groups in total. The fourth-order valence-corrected chi connectivity index (χ4v) is 3.91. The van der Waals surface area contributed by atoms with Crippen molar-refractivity contribution in [3.8, 4) is 11.5 Å². The molecule has 0 amide bonds. The van der Waals surface area contributed by atoms with Gasteiger partial charge >= 0.3 is 5.97 Å². The Labute approximate surface area is 194 Å². The van der Waals surface area contributed by atoms with Gasteiger partial charge in [-0.1, -0.05) is 41.1 Å². The SMILES string of the molecule is CCOC(=O)C1=C(O)/C(=C/c2ccc(OCCCN=[N+]=[N-])c(O)c2)SC1=Nc1ccccc1. The van der Waals surface area contributed by atoms with E-state index in [2.05, 4.69) is 15.0 Å². The summed E-state index contributed by atoms with van der Waals surface area (Å²) < 4.78 is 10.6. The molecule has 0 bridgehead atoms. The van der Waals surface area contributed by atoms with Gasteiger partial charge in [0.05, 0.1) is 23.8 Å². The molecular weight excluding hydrogens is 444 g/mol. The molecule has 9 nitrogen and oxygen atoms in total. The van der Waals surface area contributed by atoms with Gasteiger partial charge in [0.2, 0.25) is 0 Å². The van der Waals surface area contributed by atoms with Crippen LogP contribution in [-0.2, 0) is 9.53 Å². The molecule has 0 unspecified atom stereocenters. The summed E-state index contributed by atoms with van der Waals surface area (Å²) in [4.78, 5) is 20.0. The second-order valence-corrected chi connectivity index (χ2v) is 7.72. The summed E-state index contributed by atoms with van der Waals surface area (Å²) >= 11 is 1.14. The standard InChI is InChI=1S/C23H22N4O5S/c1-2-31-23(30)20-21(29)19(33-22(20)26-16-7-4-3-5-8-16)14-15-9-10-18(17(28)13-15)32-12-6-11-25-27-24/h3-5,7-10,13-14,28-29H,2,6,11-12H2,1H3/b19-14-,26-22?. The van der Waals surface area contributed by atoms with Crippen LogP contribution in [0.5, 0.6) is 11.5 Å². The fraction of sp³-hybridized carbons (Fsp3) is 0.217. The van der Waals surface area contributed by atoms with Crippen molar-refractivity contribution in [1.29, 1.82) is 0 Å². The van der Waals surface area contributed by atoms with Crippen LogP contribution < -0.4 is 4.74 Å². The van der Waals surface area contributed by atoms with Gasteiger partial charge in [0.15, 0.2) is 11.5 Å². The van der Waals surface area contributed by atoms with Gasteiger partial charge in [-0.05, 0) is 54.8 Å². The molecule has 3 rings (SSSR count). The van der Waals surface area contributed by atoms with Crippen LogP contribution in [0.2, 0.25) is 0 Å². The van der Waals surface area contributed by atoms with Crippen LogP contribution in [0, 0.1) is 0 Å². The third-order valence-corrected chi connectivity index (χ3v) is 5.38. The van der Waals surface area contributed by atoms with Crippen molar-refractivity contribution in [1.82, 2.24) is 0 Å². The molecule has 0 atom stereocenters. The number of rotatable bonds is 9. The summed E-state index contributed by atoms with van der Waals surface area (Å²) in [5.41, 5.74) is 9.50. The highest BCUT2D eigenvalue weighted by Crippen LogP contribution is 2.40. The average molecular weight is 467 g/mol. The first-order valence-corrected chi connectivity index (χ1v) is 11.0. The molecule has 1 heterocycles. The molecule has 0 saturated carbocycles. The van der Waals surface area contributed by atoms with E-state index in [0.717, 1.165) is 11.8 Å². The van der Waals surface area contributed by atoms with Gasteiger partial charge in [-0.15, -0.1) is 0 Å². The van der Waals surface area contributed by atoms with Gasteiger partial charge < -0.3 is 19.7 Å². The van der Waals surface area contributed by atoms with Crippen LogP contribution in [0.4, 0.5) is 5.69 Å². The molecule has 0 saturated heterocycles. The van der Waals surface area contributed by atoms with Gasteiger partial charge in [-0.25, -0.2) is 9.79 Å². The number of carbonyl (C=O) groups excluding carboxylic acids is 1. The Kier molecular flexibility index (Phi) is 8.40. The average Bonchev–Trinajstić information content (AvgIpc) is 3.10. The zero-order chi connectivity index (χ0) is 23.6. The number of ether oxygens (including phenoxy) is 2. The van der Waals surface area contributed by atoms with Crippen LogP contribution in [-0.4, -0.2) is 41.0 Å². The van der Waals surface area contributed by atoms with E-state index in [1.54, 1.807) is 37.3 Å². The third-order valence-electron chi connectivity index (χ3n) is 4.36. The maximum absolute atomic E-state index is 12.5. The van der Waals surface area contributed by atoms with E-state index in [0.29, 0.717) is 34.2 Å². The highest BCUT2D eigenvalue weighted by atomic mass is 32.2. The largest absolute Gasteiger partial charge is 0.506 e. The van der Waals surface area contributed by atoms with Gasteiger partial charge in [0.1, 0.15) is 16.4 Å². The number of benzene rings is 2. The van der Waals surface area contributed by atoms with Crippen molar-refractivity contribution in [2.45, 2.75) is 13.3 Å². The van der Waals surface area contributed by atoms with Gasteiger partial charge in [-0.2, -0.15) is 0 Å². The highest BCUT2D eigenvalue weighted by Gasteiger charge is 2.33. The van der Waals surface area contributed by atoms with Crippen LogP contribution >= 0.6 is 11.8 Å². The molecule has 33 heavy (non-hydrogen) atoms. The van der Waals surface area contributed by atoms with Crippen molar-refractivity contribution < 1.29 is 24.5 Å². The molecule has 2 aromatic carbocycles. The Hall–Kier alpha value is -3.88. The first-order chi connectivity index (χ1) is 16.0. The lowest BCUT2D eigenvalue weighted by atomic mass is 10.1. The zero-order valence-corrected chi connectivity index (χ0v) is 18.7. The normalized spacial score (nSPS) is 15.5. The first-order valence-electron chi connectivity index (χ1n) is 10.1. The van der Waals surface area contributed by atoms with E-state index in [1.807, 2.05) is 18.2 Å². The van der Waals surface area contributed by atoms with Gasteiger partial charge in [0, 0.05) is 11.5 Å². The number of aromatic hydroxyl groups is 1. The van der Waals surface area contributed by atoms with Gasteiger partial charge in [0.25, 0.3) is 0 Å². The Morgan fingerprint density at radius 3 is 2.70 bits per heavy atom. The van der Waals surface area contributed by atoms with E-state index in [9.17, 15) is 15.0 Å².